The highest BCUT2D eigenvalue weighted by Crippen LogP contribution is 2.35. The normalized spacial score (nSPS) is 18.3. The summed E-state index contributed by atoms with van der Waals surface area (Å²) in [6, 6.07) is 11.0. The fourth-order valence-corrected chi connectivity index (χ4v) is 4.47. The summed E-state index contributed by atoms with van der Waals surface area (Å²) < 4.78 is 21.9. The summed E-state index contributed by atoms with van der Waals surface area (Å²) in [4.78, 5) is 27.4. The van der Waals surface area contributed by atoms with Crippen LogP contribution in [-0.4, -0.2) is 56.4 Å². The van der Waals surface area contributed by atoms with Crippen molar-refractivity contribution in [2.75, 3.05) is 45.0 Å². The van der Waals surface area contributed by atoms with Crippen molar-refractivity contribution in [2.45, 2.75) is 25.8 Å². The largest absolute Gasteiger partial charge is 0.486 e. The molecule has 5 rings (SSSR count). The number of carbonyl (C=O) groups is 2. The smallest absolute Gasteiger partial charge is 0.234 e. The van der Waals surface area contributed by atoms with Crippen LogP contribution in [0.1, 0.15) is 31.4 Å². The van der Waals surface area contributed by atoms with E-state index in [4.69, 9.17) is 18.9 Å². The first-order valence-corrected chi connectivity index (χ1v) is 11.7. The van der Waals surface area contributed by atoms with E-state index in [1.165, 1.54) is 0 Å². The Morgan fingerprint density at radius 2 is 1.62 bits per heavy atom. The van der Waals surface area contributed by atoms with Crippen molar-refractivity contribution in [1.29, 1.82) is 0 Å². The molecule has 34 heavy (non-hydrogen) atoms. The molecule has 2 aromatic carbocycles. The molecule has 0 unspecified atom stereocenters. The molecule has 2 aromatic rings. The summed E-state index contributed by atoms with van der Waals surface area (Å²) in [6.07, 6.45) is 1.42. The first-order valence-electron chi connectivity index (χ1n) is 11.7. The van der Waals surface area contributed by atoms with Crippen molar-refractivity contribution >= 4 is 17.5 Å². The number of ether oxygens (including phenoxy) is 4. The third-order valence-electron chi connectivity index (χ3n) is 6.41. The van der Waals surface area contributed by atoms with Gasteiger partial charge in [0.05, 0.1) is 12.6 Å². The maximum absolute atomic E-state index is 12.7. The number of carbonyl (C=O) groups excluding carboxylic acids is 2. The molecule has 0 spiro atoms. The van der Waals surface area contributed by atoms with Gasteiger partial charge in [0.15, 0.2) is 23.0 Å². The molecule has 1 fully saturated rings. The lowest BCUT2D eigenvalue weighted by atomic mass is 9.95. The molecule has 2 amide bonds. The predicted octanol–water partition coefficient (Wildman–Crippen LogP) is 2.71. The maximum atomic E-state index is 12.7. The van der Waals surface area contributed by atoms with Gasteiger partial charge in [-0.3, -0.25) is 14.5 Å². The van der Waals surface area contributed by atoms with E-state index in [1.807, 2.05) is 31.2 Å². The highest BCUT2D eigenvalue weighted by Gasteiger charge is 2.27. The van der Waals surface area contributed by atoms with E-state index in [9.17, 15) is 9.59 Å². The molecular formula is C25H29N3O6. The van der Waals surface area contributed by atoms with E-state index >= 15 is 0 Å². The van der Waals surface area contributed by atoms with Gasteiger partial charge in [0.1, 0.15) is 13.2 Å². The molecule has 3 aliphatic heterocycles. The minimum Gasteiger partial charge on any atom is -0.486 e. The predicted molar refractivity (Wildman–Crippen MR) is 124 cm³/mol. The van der Waals surface area contributed by atoms with Crippen LogP contribution in [0.3, 0.4) is 0 Å². The van der Waals surface area contributed by atoms with Crippen LogP contribution in [0, 0.1) is 5.92 Å². The zero-order valence-corrected chi connectivity index (χ0v) is 19.2. The Bertz CT molecular complexity index is 1070. The molecule has 1 saturated heterocycles. The highest BCUT2D eigenvalue weighted by atomic mass is 16.7. The van der Waals surface area contributed by atoms with Gasteiger partial charge in [0.25, 0.3) is 0 Å². The average molecular weight is 468 g/mol. The topological polar surface area (TPSA) is 98.4 Å². The standard InChI is InChI=1S/C25H29N3O6/c1-16(18-2-4-20-22(12-18)32-11-10-31-20)26-24(29)14-28-8-6-17(7-9-28)25(30)27-19-3-5-21-23(13-19)34-15-33-21/h2-5,12-13,16-17H,6-11,14-15H2,1H3,(H,26,29)(H,27,30)/t16-/m0/s1. The fourth-order valence-electron chi connectivity index (χ4n) is 4.47. The van der Waals surface area contributed by atoms with Gasteiger partial charge in [0, 0.05) is 17.7 Å². The summed E-state index contributed by atoms with van der Waals surface area (Å²) >= 11 is 0. The van der Waals surface area contributed by atoms with Crippen molar-refractivity contribution in [3.05, 3.63) is 42.0 Å². The molecule has 3 aliphatic rings. The second-order valence-electron chi connectivity index (χ2n) is 8.80. The number of fused-ring (bicyclic) bond motifs is 2. The SMILES string of the molecule is C[C@H](NC(=O)CN1CCC(C(=O)Nc2ccc3c(c2)OCO3)CC1)c1ccc2c(c1)OCCO2. The molecule has 0 aliphatic carbocycles. The Kier molecular flexibility index (Phi) is 6.44. The van der Waals surface area contributed by atoms with Crippen molar-refractivity contribution in [3.63, 3.8) is 0 Å². The van der Waals surface area contributed by atoms with Gasteiger partial charge in [-0.15, -0.1) is 0 Å². The molecular weight excluding hydrogens is 438 g/mol. The molecule has 180 valence electrons. The number of nitrogens with zero attached hydrogens (tertiary/aromatic N) is 1. The lowest BCUT2D eigenvalue weighted by Crippen LogP contribution is -2.43. The second-order valence-corrected chi connectivity index (χ2v) is 8.80. The Morgan fingerprint density at radius 1 is 0.941 bits per heavy atom. The Balaban J connectivity index is 1.07. The van der Waals surface area contributed by atoms with Crippen LogP contribution < -0.4 is 29.6 Å². The minimum atomic E-state index is -0.145. The summed E-state index contributed by atoms with van der Waals surface area (Å²) in [5.74, 6) is 2.66. The van der Waals surface area contributed by atoms with Gasteiger partial charge in [0.2, 0.25) is 18.6 Å². The molecule has 0 radical (unpaired) electrons. The number of piperidine rings is 1. The van der Waals surface area contributed by atoms with E-state index in [1.54, 1.807) is 12.1 Å². The van der Waals surface area contributed by atoms with E-state index in [0.29, 0.717) is 68.6 Å². The molecule has 0 aromatic heterocycles. The number of rotatable bonds is 6. The van der Waals surface area contributed by atoms with Gasteiger partial charge < -0.3 is 29.6 Å². The van der Waals surface area contributed by atoms with E-state index in [0.717, 1.165) is 11.3 Å². The fraction of sp³-hybridized carbons (Fsp3) is 0.440. The number of amides is 2. The number of benzene rings is 2. The van der Waals surface area contributed by atoms with Crippen LogP contribution in [-0.2, 0) is 9.59 Å². The third kappa shape index (κ3) is 5.04. The Labute approximate surface area is 198 Å². The first kappa shape index (κ1) is 22.3. The second kappa shape index (κ2) is 9.80. The summed E-state index contributed by atoms with van der Waals surface area (Å²) in [5, 5.41) is 6.03. The number of hydrogen-bond acceptors (Lipinski definition) is 7. The quantitative estimate of drug-likeness (QED) is 0.674. The van der Waals surface area contributed by atoms with Gasteiger partial charge in [-0.25, -0.2) is 0 Å². The van der Waals surface area contributed by atoms with Crippen LogP contribution in [0.2, 0.25) is 0 Å². The van der Waals surface area contributed by atoms with Crippen LogP contribution in [0.15, 0.2) is 36.4 Å². The zero-order valence-electron chi connectivity index (χ0n) is 19.2. The zero-order chi connectivity index (χ0) is 23.5. The maximum Gasteiger partial charge on any atom is 0.234 e. The molecule has 0 saturated carbocycles. The summed E-state index contributed by atoms with van der Waals surface area (Å²) in [6.45, 7) is 4.95. The lowest BCUT2D eigenvalue weighted by molar-refractivity contribution is -0.124. The van der Waals surface area contributed by atoms with Crippen molar-refractivity contribution in [1.82, 2.24) is 10.2 Å². The number of likely N-dealkylation sites (tertiary alicyclic amines) is 1. The van der Waals surface area contributed by atoms with Gasteiger partial charge in [-0.1, -0.05) is 6.07 Å². The van der Waals surface area contributed by atoms with Gasteiger partial charge in [-0.05, 0) is 62.7 Å². The van der Waals surface area contributed by atoms with Crippen LogP contribution in [0.4, 0.5) is 5.69 Å². The number of anilines is 1. The number of nitrogens with one attached hydrogen (secondary N) is 2. The van der Waals surface area contributed by atoms with Crippen LogP contribution >= 0.6 is 0 Å². The van der Waals surface area contributed by atoms with Crippen LogP contribution in [0.25, 0.3) is 0 Å². The Morgan fingerprint density at radius 3 is 2.44 bits per heavy atom. The van der Waals surface area contributed by atoms with Crippen molar-refractivity contribution in [3.8, 4) is 23.0 Å². The summed E-state index contributed by atoms with van der Waals surface area (Å²) in [5.41, 5.74) is 1.67. The van der Waals surface area contributed by atoms with Crippen molar-refractivity contribution in [2.24, 2.45) is 5.92 Å². The summed E-state index contributed by atoms with van der Waals surface area (Å²) in [7, 11) is 0. The minimum absolute atomic E-state index is 0.00445. The third-order valence-corrected chi connectivity index (χ3v) is 6.41. The molecule has 2 N–H and O–H groups in total. The molecule has 3 heterocycles. The average Bonchev–Trinajstić information content (AvgIpc) is 3.32. The molecule has 9 heteroatoms. The van der Waals surface area contributed by atoms with Gasteiger partial charge in [-0.2, -0.15) is 0 Å². The molecule has 0 bridgehead atoms. The monoisotopic (exact) mass is 467 g/mol. The Hall–Kier alpha value is -3.46. The van der Waals surface area contributed by atoms with E-state index in [2.05, 4.69) is 15.5 Å². The number of hydrogen-bond donors (Lipinski definition) is 2. The van der Waals surface area contributed by atoms with Crippen molar-refractivity contribution < 1.29 is 28.5 Å². The van der Waals surface area contributed by atoms with E-state index in [-0.39, 0.29) is 30.6 Å². The van der Waals surface area contributed by atoms with Gasteiger partial charge >= 0.3 is 0 Å². The first-order chi connectivity index (χ1) is 16.5. The van der Waals surface area contributed by atoms with Crippen LogP contribution in [0.5, 0.6) is 23.0 Å². The van der Waals surface area contributed by atoms with E-state index < -0.39 is 0 Å². The lowest BCUT2D eigenvalue weighted by Gasteiger charge is -2.31. The highest BCUT2D eigenvalue weighted by molar-refractivity contribution is 5.93. The molecule has 1 atom stereocenters. The molecule has 9 nitrogen and oxygen atoms in total.